The van der Waals surface area contributed by atoms with Crippen LogP contribution in [0.3, 0.4) is 0 Å². The molecule has 0 atom stereocenters. The number of halogens is 3. The van der Waals surface area contributed by atoms with Crippen LogP contribution in [0.5, 0.6) is 5.75 Å². The van der Waals surface area contributed by atoms with Gasteiger partial charge in [-0.2, -0.15) is 0 Å². The Hall–Kier alpha value is -1.76. The third kappa shape index (κ3) is 6.41. The van der Waals surface area contributed by atoms with E-state index >= 15 is 0 Å². The summed E-state index contributed by atoms with van der Waals surface area (Å²) in [5.74, 6) is -0.516. The minimum Gasteiger partial charge on any atom is -0.483 e. The van der Waals surface area contributed by atoms with Crippen LogP contribution in [0.25, 0.3) is 0 Å². The van der Waals surface area contributed by atoms with Gasteiger partial charge in [0.15, 0.2) is 6.61 Å². The predicted octanol–water partition coefficient (Wildman–Crippen LogP) is 4.89. The summed E-state index contributed by atoms with van der Waals surface area (Å²) >= 11 is 15.1. The van der Waals surface area contributed by atoms with Crippen molar-refractivity contribution >= 4 is 50.9 Å². The molecule has 0 spiro atoms. The highest BCUT2D eigenvalue weighted by Crippen LogP contribution is 2.31. The van der Waals surface area contributed by atoms with Gasteiger partial charge < -0.3 is 4.74 Å². The van der Waals surface area contributed by atoms with Gasteiger partial charge in [0.2, 0.25) is 0 Å². The average Bonchev–Trinajstić information content (AvgIpc) is 2.56. The molecule has 27 heavy (non-hydrogen) atoms. The van der Waals surface area contributed by atoms with Gasteiger partial charge in [0.1, 0.15) is 5.75 Å². The molecule has 2 aromatic carbocycles. The van der Waals surface area contributed by atoms with Gasteiger partial charge in [0.05, 0.1) is 4.47 Å². The molecule has 0 fully saturated rings. The summed E-state index contributed by atoms with van der Waals surface area (Å²) in [6.45, 7) is 6.07. The van der Waals surface area contributed by atoms with E-state index in [0.29, 0.717) is 15.8 Å². The summed E-state index contributed by atoms with van der Waals surface area (Å²) in [6.07, 6.45) is 0. The number of benzene rings is 2. The van der Waals surface area contributed by atoms with Gasteiger partial charge in [-0.3, -0.25) is 20.4 Å². The van der Waals surface area contributed by atoms with Crippen LogP contribution in [-0.4, -0.2) is 18.4 Å². The number of amides is 2. The molecule has 0 saturated heterocycles. The lowest BCUT2D eigenvalue weighted by atomic mass is 9.87. The number of ether oxygens (including phenoxy) is 1. The van der Waals surface area contributed by atoms with Gasteiger partial charge in [-0.25, -0.2) is 0 Å². The Morgan fingerprint density at radius 1 is 1.04 bits per heavy atom. The van der Waals surface area contributed by atoms with E-state index in [2.05, 4.69) is 47.6 Å². The lowest BCUT2D eigenvalue weighted by molar-refractivity contribution is -0.123. The van der Waals surface area contributed by atoms with Crippen molar-refractivity contribution in [3.05, 3.63) is 62.0 Å². The molecular weight excluding hydrogens is 455 g/mol. The molecule has 2 N–H and O–H groups in total. The van der Waals surface area contributed by atoms with E-state index in [1.807, 2.05) is 12.1 Å². The highest BCUT2D eigenvalue weighted by Gasteiger charge is 2.16. The maximum atomic E-state index is 12.0. The smallest absolute Gasteiger partial charge is 0.276 e. The van der Waals surface area contributed by atoms with Crippen LogP contribution in [0.4, 0.5) is 0 Å². The fourth-order valence-corrected chi connectivity index (χ4v) is 3.17. The number of hydrogen-bond acceptors (Lipinski definition) is 3. The lowest BCUT2D eigenvalue weighted by Gasteiger charge is -2.20. The van der Waals surface area contributed by atoms with E-state index in [-0.39, 0.29) is 17.6 Å². The minimum atomic E-state index is -0.538. The Kier molecular flexibility index (Phi) is 7.14. The summed E-state index contributed by atoms with van der Waals surface area (Å²) in [5, 5.41) is 0.650. The van der Waals surface area contributed by atoms with E-state index < -0.39 is 11.8 Å². The van der Waals surface area contributed by atoms with E-state index in [4.69, 9.17) is 27.9 Å². The maximum Gasteiger partial charge on any atom is 0.276 e. The number of hydrogen-bond donors (Lipinski definition) is 2. The number of hydrazine groups is 1. The number of carbonyl (C=O) groups excluding carboxylic acids is 2. The van der Waals surface area contributed by atoms with E-state index in [0.717, 1.165) is 10.0 Å². The normalized spacial score (nSPS) is 11.0. The molecule has 0 bridgehead atoms. The first kappa shape index (κ1) is 21.5. The van der Waals surface area contributed by atoms with Crippen LogP contribution in [0.2, 0.25) is 10.0 Å². The molecule has 2 aromatic rings. The van der Waals surface area contributed by atoms with Crippen molar-refractivity contribution in [1.82, 2.24) is 10.9 Å². The molecule has 8 heteroatoms. The van der Waals surface area contributed by atoms with E-state index in [1.165, 1.54) is 18.2 Å². The van der Waals surface area contributed by atoms with Crippen molar-refractivity contribution in [2.75, 3.05) is 6.61 Å². The molecule has 144 valence electrons. The van der Waals surface area contributed by atoms with Crippen LogP contribution >= 0.6 is 39.1 Å². The van der Waals surface area contributed by atoms with E-state index in [9.17, 15) is 9.59 Å². The highest BCUT2D eigenvalue weighted by molar-refractivity contribution is 9.10. The second-order valence-corrected chi connectivity index (χ2v) is 8.57. The first-order valence-corrected chi connectivity index (χ1v) is 9.59. The van der Waals surface area contributed by atoms with Gasteiger partial charge in [-0.1, -0.05) is 50.0 Å². The first-order chi connectivity index (χ1) is 12.6. The Balaban J connectivity index is 1.88. The van der Waals surface area contributed by atoms with Crippen molar-refractivity contribution in [2.45, 2.75) is 26.2 Å². The van der Waals surface area contributed by atoms with Crippen LogP contribution in [0, 0.1) is 0 Å². The number of carbonyl (C=O) groups is 2. The zero-order chi connectivity index (χ0) is 20.2. The molecule has 0 radical (unpaired) electrons. The quantitative estimate of drug-likeness (QED) is 0.621. The van der Waals surface area contributed by atoms with Crippen molar-refractivity contribution in [3.8, 4) is 5.75 Å². The Labute approximate surface area is 176 Å². The summed E-state index contributed by atoms with van der Waals surface area (Å²) in [4.78, 5) is 23.9. The van der Waals surface area contributed by atoms with Crippen LogP contribution in [0.1, 0.15) is 36.7 Å². The van der Waals surface area contributed by atoms with Crippen molar-refractivity contribution in [3.63, 3.8) is 0 Å². The van der Waals surface area contributed by atoms with Crippen molar-refractivity contribution < 1.29 is 14.3 Å². The molecule has 0 aliphatic heterocycles. The summed E-state index contributed by atoms with van der Waals surface area (Å²) in [6, 6.07) is 10.1. The topological polar surface area (TPSA) is 67.4 Å². The molecule has 0 unspecified atom stereocenters. The Morgan fingerprint density at radius 2 is 1.67 bits per heavy atom. The summed E-state index contributed by atoms with van der Waals surface area (Å²) in [7, 11) is 0. The van der Waals surface area contributed by atoms with Crippen LogP contribution in [0.15, 0.2) is 40.9 Å². The maximum absolute atomic E-state index is 12.0. The molecule has 0 heterocycles. The zero-order valence-electron chi connectivity index (χ0n) is 15.0. The fraction of sp³-hybridized carbons (Fsp3) is 0.263. The molecule has 5 nitrogen and oxygen atoms in total. The predicted molar refractivity (Wildman–Crippen MR) is 110 cm³/mol. The molecule has 0 aliphatic carbocycles. The Morgan fingerprint density at radius 3 is 2.22 bits per heavy atom. The standard InChI is InChI=1S/C19H19BrCl2N2O3/c1-19(2,3)12-4-5-16(15(20)8-12)27-10-17(25)23-24-18(26)11-6-13(21)9-14(22)7-11/h4-9H,10H2,1-3H3,(H,23,25)(H,24,26). The number of rotatable bonds is 4. The van der Waals surface area contributed by atoms with Crippen molar-refractivity contribution in [1.29, 1.82) is 0 Å². The summed E-state index contributed by atoms with van der Waals surface area (Å²) in [5.41, 5.74) is 5.94. The monoisotopic (exact) mass is 472 g/mol. The molecular formula is C19H19BrCl2N2O3. The average molecular weight is 474 g/mol. The SMILES string of the molecule is CC(C)(C)c1ccc(OCC(=O)NNC(=O)c2cc(Cl)cc(Cl)c2)c(Br)c1. The van der Waals surface area contributed by atoms with Gasteiger partial charge in [-0.15, -0.1) is 0 Å². The Bertz CT molecular complexity index is 846. The minimum absolute atomic E-state index is 0.00589. The first-order valence-electron chi connectivity index (χ1n) is 8.04. The molecule has 0 aromatic heterocycles. The van der Waals surface area contributed by atoms with Gasteiger partial charge in [0, 0.05) is 15.6 Å². The lowest BCUT2D eigenvalue weighted by Crippen LogP contribution is -2.43. The fourth-order valence-electron chi connectivity index (χ4n) is 2.15. The van der Waals surface area contributed by atoms with Gasteiger partial charge >= 0.3 is 0 Å². The molecule has 2 amide bonds. The largest absolute Gasteiger partial charge is 0.483 e. The second-order valence-electron chi connectivity index (χ2n) is 6.84. The van der Waals surface area contributed by atoms with Crippen molar-refractivity contribution in [2.24, 2.45) is 0 Å². The van der Waals surface area contributed by atoms with Crippen LogP contribution < -0.4 is 15.6 Å². The van der Waals surface area contributed by atoms with Gasteiger partial charge in [0.25, 0.3) is 11.8 Å². The molecule has 2 rings (SSSR count). The third-order valence-electron chi connectivity index (χ3n) is 3.60. The summed E-state index contributed by atoms with van der Waals surface area (Å²) < 4.78 is 6.24. The van der Waals surface area contributed by atoms with E-state index in [1.54, 1.807) is 6.07 Å². The number of nitrogens with one attached hydrogen (secondary N) is 2. The van der Waals surface area contributed by atoms with Gasteiger partial charge in [-0.05, 0) is 57.2 Å². The molecule has 0 saturated carbocycles. The zero-order valence-corrected chi connectivity index (χ0v) is 18.1. The third-order valence-corrected chi connectivity index (χ3v) is 4.65. The second kappa shape index (κ2) is 8.95. The highest BCUT2D eigenvalue weighted by atomic mass is 79.9. The van der Waals surface area contributed by atoms with Crippen LogP contribution in [-0.2, 0) is 10.2 Å². The molecule has 0 aliphatic rings.